The van der Waals surface area contributed by atoms with Crippen molar-refractivity contribution in [3.8, 4) is 0 Å². The summed E-state index contributed by atoms with van der Waals surface area (Å²) >= 11 is 0. The van der Waals surface area contributed by atoms with Crippen molar-refractivity contribution in [2.75, 3.05) is 12.4 Å². The van der Waals surface area contributed by atoms with Gasteiger partial charge in [-0.3, -0.25) is 14.6 Å². The van der Waals surface area contributed by atoms with Gasteiger partial charge in [-0.2, -0.15) is 0 Å². The lowest BCUT2D eigenvalue weighted by Gasteiger charge is -2.07. The molecule has 0 bridgehead atoms. The standard InChI is InChI=1S/C16H16N2O3/c1-21-15(19)8-7-12-4-2-6-14(10-12)18-16(20)13-5-3-9-17-11-13/h2-6,9-11H,7-8H2,1H3,(H,18,20). The zero-order valence-corrected chi connectivity index (χ0v) is 11.7. The minimum Gasteiger partial charge on any atom is -0.469 e. The van der Waals surface area contributed by atoms with E-state index in [0.717, 1.165) is 5.56 Å². The van der Waals surface area contributed by atoms with Crippen LogP contribution >= 0.6 is 0 Å². The van der Waals surface area contributed by atoms with Gasteiger partial charge in [-0.25, -0.2) is 0 Å². The predicted octanol–water partition coefficient (Wildman–Crippen LogP) is 2.44. The van der Waals surface area contributed by atoms with Crippen molar-refractivity contribution in [2.24, 2.45) is 0 Å². The van der Waals surface area contributed by atoms with Crippen LogP contribution in [0.25, 0.3) is 0 Å². The number of carbonyl (C=O) groups is 2. The lowest BCUT2D eigenvalue weighted by Crippen LogP contribution is -2.12. The van der Waals surface area contributed by atoms with Gasteiger partial charge in [0.2, 0.25) is 0 Å². The van der Waals surface area contributed by atoms with Crippen LogP contribution in [-0.4, -0.2) is 24.0 Å². The largest absolute Gasteiger partial charge is 0.469 e. The molecule has 1 heterocycles. The summed E-state index contributed by atoms with van der Waals surface area (Å²) in [6.45, 7) is 0. The molecule has 0 atom stereocenters. The molecule has 5 nitrogen and oxygen atoms in total. The van der Waals surface area contributed by atoms with E-state index in [0.29, 0.717) is 24.1 Å². The molecule has 1 aromatic heterocycles. The van der Waals surface area contributed by atoms with Crippen molar-refractivity contribution >= 4 is 17.6 Å². The first kappa shape index (κ1) is 14.7. The number of methoxy groups -OCH3 is 1. The fraction of sp³-hybridized carbons (Fsp3) is 0.188. The summed E-state index contributed by atoms with van der Waals surface area (Å²) in [4.78, 5) is 27.1. The molecule has 0 fully saturated rings. The molecular weight excluding hydrogens is 268 g/mol. The number of aryl methyl sites for hydroxylation is 1. The van der Waals surface area contributed by atoms with E-state index in [9.17, 15) is 9.59 Å². The van der Waals surface area contributed by atoms with Crippen LogP contribution in [0.4, 0.5) is 5.69 Å². The van der Waals surface area contributed by atoms with Crippen molar-refractivity contribution < 1.29 is 14.3 Å². The van der Waals surface area contributed by atoms with Gasteiger partial charge in [0.15, 0.2) is 0 Å². The van der Waals surface area contributed by atoms with Crippen molar-refractivity contribution in [1.29, 1.82) is 0 Å². The van der Waals surface area contributed by atoms with Gasteiger partial charge in [0.1, 0.15) is 0 Å². The molecule has 0 saturated carbocycles. The van der Waals surface area contributed by atoms with Gasteiger partial charge < -0.3 is 10.1 Å². The molecule has 0 saturated heterocycles. The average Bonchev–Trinajstić information content (AvgIpc) is 2.53. The van der Waals surface area contributed by atoms with Gasteiger partial charge in [0, 0.05) is 24.5 Å². The third-order valence-corrected chi connectivity index (χ3v) is 2.95. The van der Waals surface area contributed by atoms with Crippen molar-refractivity contribution in [3.63, 3.8) is 0 Å². The fourth-order valence-electron chi connectivity index (χ4n) is 1.85. The maximum absolute atomic E-state index is 12.0. The van der Waals surface area contributed by atoms with Crippen molar-refractivity contribution in [1.82, 2.24) is 4.98 Å². The summed E-state index contributed by atoms with van der Waals surface area (Å²) in [5.74, 6) is -0.465. The summed E-state index contributed by atoms with van der Waals surface area (Å²) in [6, 6.07) is 10.8. The number of ether oxygens (including phenoxy) is 1. The number of nitrogens with one attached hydrogen (secondary N) is 1. The normalized spacial score (nSPS) is 9.95. The molecule has 0 unspecified atom stereocenters. The number of hydrogen-bond donors (Lipinski definition) is 1. The summed E-state index contributed by atoms with van der Waals surface area (Å²) in [5.41, 5.74) is 2.15. The minimum atomic E-state index is -0.250. The van der Waals surface area contributed by atoms with Gasteiger partial charge in [-0.05, 0) is 36.2 Å². The maximum Gasteiger partial charge on any atom is 0.305 e. The van der Waals surface area contributed by atoms with Gasteiger partial charge in [0.05, 0.1) is 12.7 Å². The van der Waals surface area contributed by atoms with Crippen LogP contribution in [-0.2, 0) is 16.0 Å². The molecule has 0 radical (unpaired) electrons. The molecule has 2 rings (SSSR count). The zero-order chi connectivity index (χ0) is 15.1. The molecule has 5 heteroatoms. The fourth-order valence-corrected chi connectivity index (χ4v) is 1.85. The molecule has 0 aliphatic heterocycles. The van der Waals surface area contributed by atoms with Crippen LogP contribution in [0.5, 0.6) is 0 Å². The van der Waals surface area contributed by atoms with Crippen molar-refractivity contribution in [2.45, 2.75) is 12.8 Å². The van der Waals surface area contributed by atoms with E-state index in [1.54, 1.807) is 24.4 Å². The maximum atomic E-state index is 12.0. The summed E-state index contributed by atoms with van der Waals surface area (Å²) < 4.78 is 4.61. The highest BCUT2D eigenvalue weighted by atomic mass is 16.5. The monoisotopic (exact) mass is 284 g/mol. The molecule has 21 heavy (non-hydrogen) atoms. The highest BCUT2D eigenvalue weighted by molar-refractivity contribution is 6.04. The second-order valence-electron chi connectivity index (χ2n) is 4.47. The first-order chi connectivity index (χ1) is 10.2. The predicted molar refractivity (Wildman–Crippen MR) is 79.0 cm³/mol. The quantitative estimate of drug-likeness (QED) is 0.856. The van der Waals surface area contributed by atoms with E-state index in [4.69, 9.17) is 0 Å². The van der Waals surface area contributed by atoms with E-state index in [1.807, 2.05) is 18.2 Å². The molecule has 0 spiro atoms. The smallest absolute Gasteiger partial charge is 0.305 e. The highest BCUT2D eigenvalue weighted by Gasteiger charge is 2.07. The van der Waals surface area contributed by atoms with Crippen LogP contribution < -0.4 is 5.32 Å². The molecular formula is C16H16N2O3. The lowest BCUT2D eigenvalue weighted by atomic mass is 10.1. The molecule has 1 N–H and O–H groups in total. The zero-order valence-electron chi connectivity index (χ0n) is 11.7. The Balaban J connectivity index is 2.01. The van der Waals surface area contributed by atoms with Gasteiger partial charge in [-0.1, -0.05) is 12.1 Å². The van der Waals surface area contributed by atoms with Gasteiger partial charge >= 0.3 is 5.97 Å². The molecule has 2 aromatic rings. The third kappa shape index (κ3) is 4.42. The molecule has 0 aliphatic carbocycles. The van der Waals surface area contributed by atoms with Crippen LogP contribution in [0.1, 0.15) is 22.3 Å². The van der Waals surface area contributed by atoms with E-state index in [2.05, 4.69) is 15.0 Å². The second-order valence-corrected chi connectivity index (χ2v) is 4.47. The lowest BCUT2D eigenvalue weighted by molar-refractivity contribution is -0.140. The van der Waals surface area contributed by atoms with Crippen LogP contribution in [0, 0.1) is 0 Å². The number of amides is 1. The number of pyridine rings is 1. The Morgan fingerprint density at radius 2 is 2.10 bits per heavy atom. The number of anilines is 1. The number of hydrogen-bond acceptors (Lipinski definition) is 4. The van der Waals surface area contributed by atoms with E-state index in [1.165, 1.54) is 13.3 Å². The number of nitrogens with zero attached hydrogens (tertiary/aromatic N) is 1. The average molecular weight is 284 g/mol. The molecule has 108 valence electrons. The Labute approximate surface area is 123 Å². The third-order valence-electron chi connectivity index (χ3n) is 2.95. The van der Waals surface area contributed by atoms with Gasteiger partial charge in [-0.15, -0.1) is 0 Å². The van der Waals surface area contributed by atoms with Crippen molar-refractivity contribution in [3.05, 3.63) is 59.9 Å². The molecule has 1 amide bonds. The summed E-state index contributed by atoms with van der Waals surface area (Å²) in [7, 11) is 1.37. The first-order valence-corrected chi connectivity index (χ1v) is 6.56. The van der Waals surface area contributed by atoms with Crippen LogP contribution in [0.15, 0.2) is 48.8 Å². The number of esters is 1. The van der Waals surface area contributed by atoms with Crippen LogP contribution in [0.2, 0.25) is 0 Å². The Hall–Kier alpha value is -2.69. The van der Waals surface area contributed by atoms with Crippen LogP contribution in [0.3, 0.4) is 0 Å². The second kappa shape index (κ2) is 7.19. The van der Waals surface area contributed by atoms with E-state index >= 15 is 0 Å². The SMILES string of the molecule is COC(=O)CCc1cccc(NC(=O)c2cccnc2)c1. The number of rotatable bonds is 5. The van der Waals surface area contributed by atoms with E-state index < -0.39 is 0 Å². The molecule has 1 aromatic carbocycles. The summed E-state index contributed by atoms with van der Waals surface area (Å²) in [5, 5.41) is 2.81. The number of aromatic nitrogens is 1. The Morgan fingerprint density at radius 3 is 2.81 bits per heavy atom. The minimum absolute atomic E-state index is 0.215. The topological polar surface area (TPSA) is 68.3 Å². The summed E-state index contributed by atoms with van der Waals surface area (Å²) in [6.07, 6.45) is 4.01. The highest BCUT2D eigenvalue weighted by Crippen LogP contribution is 2.13. The number of carbonyl (C=O) groups excluding carboxylic acids is 2. The first-order valence-electron chi connectivity index (χ1n) is 6.56. The Kier molecular flexibility index (Phi) is 5.04. The number of benzene rings is 1. The molecule has 0 aliphatic rings. The van der Waals surface area contributed by atoms with E-state index in [-0.39, 0.29) is 11.9 Å². The Morgan fingerprint density at radius 1 is 1.24 bits per heavy atom. The Bertz CT molecular complexity index is 626. The van der Waals surface area contributed by atoms with Gasteiger partial charge in [0.25, 0.3) is 5.91 Å².